The predicted octanol–water partition coefficient (Wildman–Crippen LogP) is 5.38. The standard InChI is InChI=1S/C25H29NO5/c1-18(2)24(27)30-16-10-5-3-4-9-15-29-23-22-20(13-14-26-23)17-21(25(28)31-22)19-11-7-6-8-12-19/h6-8,11-14,17-18H,3-5,9-10,15-16H2,1-2H3. The summed E-state index contributed by atoms with van der Waals surface area (Å²) in [5, 5.41) is 0.777. The summed E-state index contributed by atoms with van der Waals surface area (Å²) in [4.78, 5) is 28.1. The Morgan fingerprint density at radius 2 is 1.71 bits per heavy atom. The van der Waals surface area contributed by atoms with Crippen LogP contribution in [0.3, 0.4) is 0 Å². The van der Waals surface area contributed by atoms with Gasteiger partial charge in [-0.1, -0.05) is 63.4 Å². The van der Waals surface area contributed by atoms with Crippen molar-refractivity contribution in [2.75, 3.05) is 13.2 Å². The van der Waals surface area contributed by atoms with Crippen molar-refractivity contribution in [1.82, 2.24) is 4.98 Å². The predicted molar refractivity (Wildman–Crippen MR) is 120 cm³/mol. The summed E-state index contributed by atoms with van der Waals surface area (Å²) < 4.78 is 16.5. The molecule has 0 atom stereocenters. The maximum atomic E-state index is 12.5. The SMILES string of the molecule is CC(C)C(=O)OCCCCCCCOc1nccc2cc(-c3ccccc3)c(=O)oc12. The van der Waals surface area contributed by atoms with E-state index in [2.05, 4.69) is 4.98 Å². The number of ether oxygens (including phenoxy) is 2. The molecule has 2 heterocycles. The molecule has 3 rings (SSSR count). The molecule has 1 aromatic carbocycles. The van der Waals surface area contributed by atoms with Crippen LogP contribution in [0.2, 0.25) is 0 Å². The molecule has 0 saturated heterocycles. The van der Waals surface area contributed by atoms with E-state index in [9.17, 15) is 9.59 Å². The van der Waals surface area contributed by atoms with E-state index in [1.165, 1.54) is 0 Å². The van der Waals surface area contributed by atoms with Crippen molar-refractivity contribution in [2.24, 2.45) is 5.92 Å². The molecule has 31 heavy (non-hydrogen) atoms. The first-order chi connectivity index (χ1) is 15.1. The third-order valence-corrected chi connectivity index (χ3v) is 4.94. The number of carbonyl (C=O) groups is 1. The van der Waals surface area contributed by atoms with Gasteiger partial charge in [0.1, 0.15) is 0 Å². The number of fused-ring (bicyclic) bond motifs is 1. The minimum absolute atomic E-state index is 0.0748. The number of rotatable bonds is 11. The summed E-state index contributed by atoms with van der Waals surface area (Å²) in [6, 6.07) is 13.1. The maximum absolute atomic E-state index is 12.5. The van der Waals surface area contributed by atoms with Crippen LogP contribution in [-0.2, 0) is 9.53 Å². The van der Waals surface area contributed by atoms with Gasteiger partial charge in [-0.05, 0) is 30.5 Å². The molecule has 0 N–H and O–H groups in total. The van der Waals surface area contributed by atoms with E-state index < -0.39 is 5.63 Å². The topological polar surface area (TPSA) is 78.6 Å². The smallest absolute Gasteiger partial charge is 0.344 e. The summed E-state index contributed by atoms with van der Waals surface area (Å²) in [6.45, 7) is 4.65. The number of nitrogens with zero attached hydrogens (tertiary/aromatic N) is 1. The number of hydrogen-bond acceptors (Lipinski definition) is 6. The lowest BCUT2D eigenvalue weighted by Crippen LogP contribution is -2.12. The van der Waals surface area contributed by atoms with Crippen molar-refractivity contribution >= 4 is 16.9 Å². The summed E-state index contributed by atoms with van der Waals surface area (Å²) in [5.74, 6) is 0.127. The number of hydrogen-bond donors (Lipinski definition) is 0. The van der Waals surface area contributed by atoms with Crippen LogP contribution in [0.1, 0.15) is 46.0 Å². The maximum Gasteiger partial charge on any atom is 0.344 e. The van der Waals surface area contributed by atoms with Crippen LogP contribution in [-0.4, -0.2) is 24.2 Å². The van der Waals surface area contributed by atoms with Crippen molar-refractivity contribution in [2.45, 2.75) is 46.0 Å². The number of esters is 1. The first kappa shape index (κ1) is 22.5. The van der Waals surface area contributed by atoms with Crippen molar-refractivity contribution in [3.8, 4) is 17.0 Å². The Bertz CT molecular complexity index is 1040. The van der Waals surface area contributed by atoms with Crippen LogP contribution in [0.4, 0.5) is 0 Å². The summed E-state index contributed by atoms with van der Waals surface area (Å²) in [6.07, 6.45) is 6.46. The van der Waals surface area contributed by atoms with Gasteiger partial charge in [-0.2, -0.15) is 0 Å². The lowest BCUT2D eigenvalue weighted by atomic mass is 10.1. The molecule has 0 aliphatic rings. The Morgan fingerprint density at radius 1 is 1.00 bits per heavy atom. The number of benzene rings is 1. The van der Waals surface area contributed by atoms with Gasteiger partial charge in [0.25, 0.3) is 5.88 Å². The summed E-state index contributed by atoms with van der Waals surface area (Å²) in [5.41, 5.74) is 1.30. The average molecular weight is 424 g/mol. The second-order valence-corrected chi connectivity index (χ2v) is 7.79. The molecule has 0 spiro atoms. The van der Waals surface area contributed by atoms with E-state index in [0.717, 1.165) is 43.1 Å². The van der Waals surface area contributed by atoms with E-state index in [1.807, 2.05) is 56.3 Å². The molecule has 0 saturated carbocycles. The zero-order valence-corrected chi connectivity index (χ0v) is 18.1. The number of carbonyl (C=O) groups excluding carboxylic acids is 1. The molecule has 0 fully saturated rings. The van der Waals surface area contributed by atoms with E-state index in [0.29, 0.717) is 30.2 Å². The fraction of sp³-hybridized carbons (Fsp3) is 0.400. The monoisotopic (exact) mass is 423 g/mol. The summed E-state index contributed by atoms with van der Waals surface area (Å²) >= 11 is 0. The number of unbranched alkanes of at least 4 members (excludes halogenated alkanes) is 4. The second-order valence-electron chi connectivity index (χ2n) is 7.79. The van der Waals surface area contributed by atoms with Gasteiger partial charge < -0.3 is 13.9 Å². The molecule has 0 amide bonds. The molecule has 0 radical (unpaired) electrons. The van der Waals surface area contributed by atoms with Crippen LogP contribution in [0.15, 0.2) is 57.9 Å². The Morgan fingerprint density at radius 3 is 2.45 bits per heavy atom. The molecular weight excluding hydrogens is 394 g/mol. The summed E-state index contributed by atoms with van der Waals surface area (Å²) in [7, 11) is 0. The van der Waals surface area contributed by atoms with Crippen LogP contribution in [0, 0.1) is 5.92 Å². The van der Waals surface area contributed by atoms with E-state index in [-0.39, 0.29) is 11.9 Å². The number of pyridine rings is 1. The van der Waals surface area contributed by atoms with Gasteiger partial charge in [0, 0.05) is 11.6 Å². The normalized spacial score (nSPS) is 11.1. The molecule has 0 aliphatic heterocycles. The van der Waals surface area contributed by atoms with Crippen LogP contribution in [0.5, 0.6) is 5.88 Å². The highest BCUT2D eigenvalue weighted by atomic mass is 16.5. The molecule has 6 heteroatoms. The van der Waals surface area contributed by atoms with E-state index in [4.69, 9.17) is 13.9 Å². The zero-order chi connectivity index (χ0) is 22.1. The van der Waals surface area contributed by atoms with Crippen molar-refractivity contribution < 1.29 is 18.7 Å². The average Bonchev–Trinajstić information content (AvgIpc) is 2.78. The fourth-order valence-corrected chi connectivity index (χ4v) is 3.19. The van der Waals surface area contributed by atoms with Gasteiger partial charge in [0.2, 0.25) is 0 Å². The Hall–Kier alpha value is -3.15. The van der Waals surface area contributed by atoms with Gasteiger partial charge in [0.15, 0.2) is 5.58 Å². The van der Waals surface area contributed by atoms with Crippen LogP contribution >= 0.6 is 0 Å². The van der Waals surface area contributed by atoms with Crippen molar-refractivity contribution in [3.63, 3.8) is 0 Å². The second kappa shape index (κ2) is 11.3. The minimum atomic E-state index is -0.408. The molecule has 6 nitrogen and oxygen atoms in total. The largest absolute Gasteiger partial charge is 0.475 e. The third-order valence-electron chi connectivity index (χ3n) is 4.94. The number of aromatic nitrogens is 1. The molecule has 0 aliphatic carbocycles. The van der Waals surface area contributed by atoms with Gasteiger partial charge in [-0.3, -0.25) is 4.79 Å². The lowest BCUT2D eigenvalue weighted by Gasteiger charge is -2.09. The highest BCUT2D eigenvalue weighted by Crippen LogP contribution is 2.26. The zero-order valence-electron chi connectivity index (χ0n) is 18.1. The van der Waals surface area contributed by atoms with Gasteiger partial charge in [0.05, 0.1) is 24.7 Å². The lowest BCUT2D eigenvalue weighted by molar-refractivity contribution is -0.147. The van der Waals surface area contributed by atoms with E-state index in [1.54, 1.807) is 6.20 Å². The molecular formula is C25H29NO5. The Kier molecular flexibility index (Phi) is 8.21. The molecule has 2 aromatic heterocycles. The molecule has 0 unspecified atom stereocenters. The van der Waals surface area contributed by atoms with E-state index >= 15 is 0 Å². The molecule has 0 bridgehead atoms. The minimum Gasteiger partial charge on any atom is -0.475 e. The quantitative estimate of drug-likeness (QED) is 0.304. The van der Waals surface area contributed by atoms with Crippen molar-refractivity contribution in [3.05, 3.63) is 59.1 Å². The first-order valence-electron chi connectivity index (χ1n) is 10.8. The molecule has 164 valence electrons. The van der Waals surface area contributed by atoms with Crippen LogP contribution < -0.4 is 10.4 Å². The Labute approximate surface area is 182 Å². The van der Waals surface area contributed by atoms with Crippen molar-refractivity contribution in [1.29, 1.82) is 0 Å². The highest BCUT2D eigenvalue weighted by Gasteiger charge is 2.12. The fourth-order valence-electron chi connectivity index (χ4n) is 3.19. The molecule has 3 aromatic rings. The van der Waals surface area contributed by atoms with Gasteiger partial charge >= 0.3 is 11.6 Å². The van der Waals surface area contributed by atoms with Crippen LogP contribution in [0.25, 0.3) is 22.1 Å². The van der Waals surface area contributed by atoms with Gasteiger partial charge in [-0.25, -0.2) is 9.78 Å². The third kappa shape index (κ3) is 6.41. The highest BCUT2D eigenvalue weighted by molar-refractivity contribution is 5.84. The van der Waals surface area contributed by atoms with Gasteiger partial charge in [-0.15, -0.1) is 0 Å². The Balaban J connectivity index is 1.47. The first-order valence-corrected chi connectivity index (χ1v) is 10.8.